The first-order valence-electron chi connectivity index (χ1n) is 9.29. The number of fused-ring (bicyclic) bond motifs is 1. The van der Waals surface area contributed by atoms with E-state index in [1.807, 2.05) is 29.2 Å². The first kappa shape index (κ1) is 20.2. The normalized spacial score (nSPS) is 29.0. The van der Waals surface area contributed by atoms with Gasteiger partial charge in [0.25, 0.3) is 5.56 Å². The van der Waals surface area contributed by atoms with Crippen LogP contribution in [0.5, 0.6) is 0 Å². The predicted molar refractivity (Wildman–Crippen MR) is 101 cm³/mol. The second-order valence-electron chi connectivity index (χ2n) is 6.95. The fourth-order valence-electron chi connectivity index (χ4n) is 3.35. The van der Waals surface area contributed by atoms with Crippen LogP contribution >= 0.6 is 7.75 Å². The summed E-state index contributed by atoms with van der Waals surface area (Å²) in [5.74, 6) is -1.10. The third kappa shape index (κ3) is 4.26. The Morgan fingerprint density at radius 2 is 1.97 bits per heavy atom. The first-order valence-corrected chi connectivity index (χ1v) is 10.8. The van der Waals surface area contributed by atoms with Crippen molar-refractivity contribution < 1.29 is 22.7 Å². The maximum atomic E-state index is 13.5. The fraction of sp³-hybridized carbons (Fsp3) is 0.444. The van der Waals surface area contributed by atoms with Crippen molar-refractivity contribution in [1.82, 2.24) is 14.6 Å². The molecule has 3 heterocycles. The predicted octanol–water partition coefficient (Wildman–Crippen LogP) is 1.84. The van der Waals surface area contributed by atoms with Crippen molar-refractivity contribution in [2.75, 3.05) is 6.61 Å². The van der Waals surface area contributed by atoms with Gasteiger partial charge in [-0.15, -0.1) is 0 Å². The smallest absolute Gasteiger partial charge is 0.349 e. The minimum atomic E-state index is -3.56. The summed E-state index contributed by atoms with van der Waals surface area (Å²) in [6, 6.07) is 7.89. The van der Waals surface area contributed by atoms with E-state index in [9.17, 15) is 18.5 Å². The zero-order valence-electron chi connectivity index (χ0n) is 15.7. The number of ether oxygens (including phenoxy) is 1. The monoisotopic (exact) mass is 425 g/mol. The third-order valence-electron chi connectivity index (χ3n) is 5.01. The molecule has 2 aromatic rings. The highest BCUT2D eigenvalue weighted by atomic mass is 31.2. The van der Waals surface area contributed by atoms with Crippen LogP contribution in [0.2, 0.25) is 0 Å². The van der Waals surface area contributed by atoms with Gasteiger partial charge in [0.15, 0.2) is 0 Å². The highest BCUT2D eigenvalue weighted by molar-refractivity contribution is 7.51. The Hall–Kier alpha value is -2.10. The number of rotatable bonds is 5. The number of benzene rings is 1. The maximum Gasteiger partial charge on any atom is 0.406 e. The summed E-state index contributed by atoms with van der Waals surface area (Å²) in [6.45, 7) is 2.37. The molecule has 0 bridgehead atoms. The first-order chi connectivity index (χ1) is 13.9. The van der Waals surface area contributed by atoms with E-state index in [4.69, 9.17) is 13.8 Å². The molecule has 2 aliphatic heterocycles. The number of hydrogen-bond acceptors (Lipinski definition) is 6. The number of aryl methyl sites for hydroxylation is 1. The highest BCUT2D eigenvalue weighted by Crippen LogP contribution is 2.52. The molecule has 2 aliphatic rings. The number of halogens is 1. The van der Waals surface area contributed by atoms with E-state index in [-0.39, 0.29) is 13.0 Å². The van der Waals surface area contributed by atoms with Crippen LogP contribution in [0, 0.1) is 5.82 Å². The van der Waals surface area contributed by atoms with Crippen LogP contribution in [0.1, 0.15) is 30.7 Å². The van der Waals surface area contributed by atoms with Gasteiger partial charge in [0.2, 0.25) is 5.82 Å². The molecule has 156 valence electrons. The highest BCUT2D eigenvalue weighted by Gasteiger charge is 2.47. The number of H-pyrrole nitrogens is 1. The molecule has 0 radical (unpaired) electrons. The molecule has 9 nitrogen and oxygen atoms in total. The molecule has 4 atom stereocenters. The van der Waals surface area contributed by atoms with Crippen LogP contribution in [-0.2, 0) is 31.3 Å². The summed E-state index contributed by atoms with van der Waals surface area (Å²) in [5, 5.41) is 2.83. The van der Waals surface area contributed by atoms with Crippen LogP contribution in [0.15, 0.2) is 40.1 Å². The van der Waals surface area contributed by atoms with Crippen molar-refractivity contribution >= 4 is 7.75 Å². The van der Waals surface area contributed by atoms with Crippen molar-refractivity contribution in [2.45, 2.75) is 44.7 Å². The SMILES string of the molecule is CCc1ccc(CNP2(=O)OC[C@H]3O[C@@H](n4cc(F)c(=O)[nH]c4=O)C[C@@H]3O2)cc1. The lowest BCUT2D eigenvalue weighted by atomic mass is 10.1. The molecule has 2 fully saturated rings. The summed E-state index contributed by atoms with van der Waals surface area (Å²) in [4.78, 5) is 25.0. The molecule has 0 saturated carbocycles. The summed E-state index contributed by atoms with van der Waals surface area (Å²) < 4.78 is 44.1. The van der Waals surface area contributed by atoms with Crippen molar-refractivity contribution in [1.29, 1.82) is 0 Å². The van der Waals surface area contributed by atoms with Crippen molar-refractivity contribution in [3.05, 3.63) is 68.2 Å². The van der Waals surface area contributed by atoms with Gasteiger partial charge in [-0.05, 0) is 17.5 Å². The van der Waals surface area contributed by atoms with E-state index in [1.165, 1.54) is 5.56 Å². The molecule has 11 heteroatoms. The number of nitrogens with zero attached hydrogens (tertiary/aromatic N) is 1. The second kappa shape index (κ2) is 7.97. The van der Waals surface area contributed by atoms with Crippen molar-refractivity contribution in [2.24, 2.45) is 0 Å². The van der Waals surface area contributed by atoms with Crippen molar-refractivity contribution in [3.8, 4) is 0 Å². The molecule has 4 rings (SSSR count). The molecule has 1 aromatic heterocycles. The van der Waals surface area contributed by atoms with Gasteiger partial charge < -0.3 is 4.74 Å². The van der Waals surface area contributed by atoms with Crippen LogP contribution in [0.4, 0.5) is 4.39 Å². The summed E-state index contributed by atoms with van der Waals surface area (Å²) in [7, 11) is -3.56. The van der Waals surface area contributed by atoms with Gasteiger partial charge in [0.1, 0.15) is 18.4 Å². The molecule has 29 heavy (non-hydrogen) atoms. The van der Waals surface area contributed by atoms with Crippen LogP contribution in [0.3, 0.4) is 0 Å². The van der Waals surface area contributed by atoms with E-state index in [1.54, 1.807) is 0 Å². The standard InChI is InChI=1S/C18H21FN3O6P/c1-2-11-3-5-12(6-4-11)8-20-29(25)26-10-15-14(28-29)7-16(27-15)22-9-13(19)17(23)21-18(22)24/h3-6,9,14-16H,2,7-8,10H2,1H3,(H,20,25)(H,21,23,24)/t14-,15+,16+,29?/m0/s1. The van der Waals surface area contributed by atoms with Crippen LogP contribution in [0.25, 0.3) is 0 Å². The Balaban J connectivity index is 1.42. The maximum absolute atomic E-state index is 13.5. The molecule has 0 spiro atoms. The topological polar surface area (TPSA) is 112 Å². The number of hydrogen-bond donors (Lipinski definition) is 2. The molecule has 2 saturated heterocycles. The molecule has 0 aliphatic carbocycles. The largest absolute Gasteiger partial charge is 0.406 e. The van der Waals surface area contributed by atoms with E-state index in [2.05, 4.69) is 12.0 Å². The van der Waals surface area contributed by atoms with Crippen molar-refractivity contribution in [3.63, 3.8) is 0 Å². The van der Waals surface area contributed by atoms with Gasteiger partial charge in [-0.25, -0.2) is 14.4 Å². The van der Waals surface area contributed by atoms with E-state index >= 15 is 0 Å². The van der Waals surface area contributed by atoms with Gasteiger partial charge in [-0.2, -0.15) is 4.39 Å². The number of nitrogens with one attached hydrogen (secondary N) is 2. The summed E-state index contributed by atoms with van der Waals surface area (Å²) >= 11 is 0. The van der Waals surface area contributed by atoms with Crippen LogP contribution in [-0.4, -0.2) is 28.4 Å². The van der Waals surface area contributed by atoms with E-state index < -0.39 is 43.2 Å². The molecular weight excluding hydrogens is 404 g/mol. The minimum absolute atomic E-state index is 0.000797. The molecule has 0 amide bonds. The van der Waals surface area contributed by atoms with E-state index in [0.717, 1.165) is 22.7 Å². The lowest BCUT2D eigenvalue weighted by molar-refractivity contribution is -0.0604. The zero-order valence-corrected chi connectivity index (χ0v) is 16.6. The Morgan fingerprint density at radius 3 is 2.69 bits per heavy atom. The zero-order chi connectivity index (χ0) is 20.6. The van der Waals surface area contributed by atoms with Gasteiger partial charge in [0.05, 0.1) is 12.8 Å². The average Bonchev–Trinajstić information content (AvgIpc) is 3.12. The van der Waals surface area contributed by atoms with Gasteiger partial charge in [-0.1, -0.05) is 31.2 Å². The quantitative estimate of drug-likeness (QED) is 0.703. The average molecular weight is 425 g/mol. The Morgan fingerprint density at radius 1 is 1.24 bits per heavy atom. The lowest BCUT2D eigenvalue weighted by Gasteiger charge is -2.30. The second-order valence-corrected chi connectivity index (χ2v) is 8.73. The molecule has 1 aromatic carbocycles. The summed E-state index contributed by atoms with van der Waals surface area (Å²) in [6.07, 6.45) is -0.130. The lowest BCUT2D eigenvalue weighted by Crippen LogP contribution is -2.36. The third-order valence-corrected chi connectivity index (χ3v) is 6.59. The Bertz CT molecular complexity index is 1050. The minimum Gasteiger partial charge on any atom is -0.349 e. The molecular formula is C18H21FN3O6P. The molecule has 1 unspecified atom stereocenters. The van der Waals surface area contributed by atoms with Crippen LogP contribution < -0.4 is 16.3 Å². The van der Waals surface area contributed by atoms with Gasteiger partial charge in [-0.3, -0.25) is 23.4 Å². The fourth-order valence-corrected chi connectivity index (χ4v) is 4.88. The van der Waals surface area contributed by atoms with E-state index in [0.29, 0.717) is 6.54 Å². The summed E-state index contributed by atoms with van der Waals surface area (Å²) in [5.41, 5.74) is 0.249. The number of aromatic nitrogens is 2. The van der Waals surface area contributed by atoms with Gasteiger partial charge in [0, 0.05) is 13.0 Å². The van der Waals surface area contributed by atoms with Gasteiger partial charge >= 0.3 is 13.4 Å². The Labute approximate surface area is 165 Å². The molecule has 2 N–H and O–H groups in total. The Kier molecular flexibility index (Phi) is 5.54. The number of aromatic amines is 1.